The first kappa shape index (κ1) is 14.6. The Bertz CT molecular complexity index is 290. The molecule has 2 amide bonds. The van der Waals surface area contributed by atoms with Crippen molar-refractivity contribution < 1.29 is 4.79 Å². The summed E-state index contributed by atoms with van der Waals surface area (Å²) in [5.41, 5.74) is 0. The van der Waals surface area contributed by atoms with Gasteiger partial charge in [0, 0.05) is 19.1 Å². The average molecular weight is 267 g/mol. The molecule has 0 aromatic rings. The number of nitrogens with one attached hydrogen (secondary N) is 1. The number of likely N-dealkylation sites (tertiary alicyclic amines) is 2. The summed E-state index contributed by atoms with van der Waals surface area (Å²) in [5.74, 6) is 1.55. The van der Waals surface area contributed by atoms with Gasteiger partial charge >= 0.3 is 6.03 Å². The summed E-state index contributed by atoms with van der Waals surface area (Å²) in [5, 5.41) is 3.21. The van der Waals surface area contributed by atoms with Crippen molar-refractivity contribution in [1.29, 1.82) is 0 Å². The van der Waals surface area contributed by atoms with Crippen LogP contribution in [0, 0.1) is 11.8 Å². The van der Waals surface area contributed by atoms with Gasteiger partial charge in [-0.25, -0.2) is 4.79 Å². The van der Waals surface area contributed by atoms with Crippen LogP contribution in [0.5, 0.6) is 0 Å². The second-order valence-corrected chi connectivity index (χ2v) is 6.60. The zero-order valence-electron chi connectivity index (χ0n) is 12.7. The van der Waals surface area contributed by atoms with E-state index in [0.717, 1.165) is 50.9 Å². The van der Waals surface area contributed by atoms with E-state index < -0.39 is 0 Å². The predicted octanol–water partition coefficient (Wildman–Crippen LogP) is 2.16. The molecule has 0 spiro atoms. The standard InChI is InChI=1S/C15H29N3O/c1-12(2)13-4-10-18(11-5-13)15(19)16-14-6-8-17(3)9-7-14/h12-14H,4-11H2,1-3H3,(H,16,19). The highest BCUT2D eigenvalue weighted by Crippen LogP contribution is 2.24. The van der Waals surface area contributed by atoms with E-state index in [9.17, 15) is 4.79 Å². The Labute approximate surface area is 117 Å². The monoisotopic (exact) mass is 267 g/mol. The zero-order chi connectivity index (χ0) is 13.8. The Kier molecular flexibility index (Phi) is 5.08. The molecule has 0 radical (unpaired) electrons. The van der Waals surface area contributed by atoms with Crippen LogP contribution in [0.3, 0.4) is 0 Å². The number of carbonyl (C=O) groups is 1. The van der Waals surface area contributed by atoms with Crippen molar-refractivity contribution in [2.75, 3.05) is 33.2 Å². The van der Waals surface area contributed by atoms with Gasteiger partial charge in [-0.1, -0.05) is 13.8 Å². The molecule has 2 fully saturated rings. The molecule has 2 heterocycles. The third kappa shape index (κ3) is 4.10. The summed E-state index contributed by atoms with van der Waals surface area (Å²) < 4.78 is 0. The van der Waals surface area contributed by atoms with Gasteiger partial charge in [-0.05, 0) is 57.7 Å². The highest BCUT2D eigenvalue weighted by atomic mass is 16.2. The van der Waals surface area contributed by atoms with E-state index >= 15 is 0 Å². The molecule has 0 aromatic heterocycles. The lowest BCUT2D eigenvalue weighted by Gasteiger charge is -2.36. The fourth-order valence-electron chi connectivity index (χ4n) is 3.19. The summed E-state index contributed by atoms with van der Waals surface area (Å²) in [6, 6.07) is 0.545. The molecular weight excluding hydrogens is 238 g/mol. The minimum Gasteiger partial charge on any atom is -0.335 e. The summed E-state index contributed by atoms with van der Waals surface area (Å²) in [6.07, 6.45) is 4.51. The fourth-order valence-corrected chi connectivity index (χ4v) is 3.19. The molecule has 2 aliphatic rings. The minimum atomic E-state index is 0.164. The molecule has 0 bridgehead atoms. The molecule has 4 nitrogen and oxygen atoms in total. The van der Waals surface area contributed by atoms with Crippen LogP contribution in [0.1, 0.15) is 39.5 Å². The lowest BCUT2D eigenvalue weighted by atomic mass is 9.87. The number of hydrogen-bond donors (Lipinski definition) is 1. The third-order valence-electron chi connectivity index (χ3n) is 4.82. The van der Waals surface area contributed by atoms with Gasteiger partial charge in [0.25, 0.3) is 0 Å². The predicted molar refractivity (Wildman–Crippen MR) is 78.2 cm³/mol. The van der Waals surface area contributed by atoms with Crippen LogP contribution in [-0.4, -0.2) is 55.1 Å². The van der Waals surface area contributed by atoms with E-state index in [0.29, 0.717) is 6.04 Å². The van der Waals surface area contributed by atoms with Gasteiger partial charge in [-0.2, -0.15) is 0 Å². The molecule has 0 unspecified atom stereocenters. The second-order valence-electron chi connectivity index (χ2n) is 6.60. The van der Waals surface area contributed by atoms with Gasteiger partial charge in [0.05, 0.1) is 0 Å². The van der Waals surface area contributed by atoms with E-state index in [4.69, 9.17) is 0 Å². The number of piperidine rings is 2. The normalized spacial score (nSPS) is 23.9. The van der Waals surface area contributed by atoms with Crippen LogP contribution >= 0.6 is 0 Å². The molecule has 2 saturated heterocycles. The Hall–Kier alpha value is -0.770. The first-order valence-corrected chi connectivity index (χ1v) is 7.80. The van der Waals surface area contributed by atoms with Crippen LogP contribution in [0.2, 0.25) is 0 Å². The van der Waals surface area contributed by atoms with Gasteiger partial charge in [-0.15, -0.1) is 0 Å². The van der Waals surface area contributed by atoms with Crippen LogP contribution in [0.25, 0.3) is 0 Å². The highest BCUT2D eigenvalue weighted by Gasteiger charge is 2.26. The van der Waals surface area contributed by atoms with Crippen molar-refractivity contribution in [1.82, 2.24) is 15.1 Å². The van der Waals surface area contributed by atoms with Gasteiger partial charge in [-0.3, -0.25) is 0 Å². The molecule has 2 rings (SSSR count). The molecule has 4 heteroatoms. The van der Waals surface area contributed by atoms with E-state index in [1.165, 1.54) is 12.8 Å². The van der Waals surface area contributed by atoms with Gasteiger partial charge in [0.15, 0.2) is 0 Å². The molecule has 1 N–H and O–H groups in total. The molecule has 0 aliphatic carbocycles. The van der Waals surface area contributed by atoms with Crippen molar-refractivity contribution in [2.45, 2.75) is 45.6 Å². The Balaban J connectivity index is 1.72. The zero-order valence-corrected chi connectivity index (χ0v) is 12.7. The molecule has 0 atom stereocenters. The van der Waals surface area contributed by atoms with Crippen LogP contribution in [-0.2, 0) is 0 Å². The third-order valence-corrected chi connectivity index (χ3v) is 4.82. The van der Waals surface area contributed by atoms with Crippen LogP contribution in [0.15, 0.2) is 0 Å². The lowest BCUT2D eigenvalue weighted by Crippen LogP contribution is -2.50. The first-order valence-electron chi connectivity index (χ1n) is 7.80. The number of carbonyl (C=O) groups excluding carboxylic acids is 1. The van der Waals surface area contributed by atoms with Crippen LogP contribution < -0.4 is 5.32 Å². The Morgan fingerprint density at radius 3 is 2.16 bits per heavy atom. The molecule has 0 saturated carbocycles. The van der Waals surface area contributed by atoms with E-state index in [2.05, 4.69) is 31.1 Å². The van der Waals surface area contributed by atoms with Crippen molar-refractivity contribution in [2.24, 2.45) is 11.8 Å². The Morgan fingerprint density at radius 2 is 1.63 bits per heavy atom. The first-order chi connectivity index (χ1) is 9.06. The maximum absolute atomic E-state index is 12.2. The van der Waals surface area contributed by atoms with E-state index in [-0.39, 0.29) is 6.03 Å². The molecule has 110 valence electrons. The topological polar surface area (TPSA) is 35.6 Å². The van der Waals surface area contributed by atoms with Gasteiger partial charge in [0.2, 0.25) is 0 Å². The number of rotatable bonds is 2. The molecule has 19 heavy (non-hydrogen) atoms. The lowest BCUT2D eigenvalue weighted by molar-refractivity contribution is 0.148. The number of amides is 2. The number of nitrogens with zero attached hydrogens (tertiary/aromatic N) is 2. The van der Waals surface area contributed by atoms with E-state index in [1.807, 2.05) is 4.90 Å². The summed E-state index contributed by atoms with van der Waals surface area (Å²) in [4.78, 5) is 16.6. The van der Waals surface area contributed by atoms with E-state index in [1.54, 1.807) is 0 Å². The fraction of sp³-hybridized carbons (Fsp3) is 0.933. The summed E-state index contributed by atoms with van der Waals surface area (Å²) >= 11 is 0. The SMILES string of the molecule is CC(C)C1CCN(C(=O)NC2CCN(C)CC2)CC1. The average Bonchev–Trinajstić information content (AvgIpc) is 2.41. The minimum absolute atomic E-state index is 0.164. The maximum atomic E-state index is 12.2. The smallest absolute Gasteiger partial charge is 0.317 e. The summed E-state index contributed by atoms with van der Waals surface area (Å²) in [6.45, 7) is 8.64. The van der Waals surface area contributed by atoms with Crippen molar-refractivity contribution in [3.63, 3.8) is 0 Å². The quantitative estimate of drug-likeness (QED) is 0.832. The number of urea groups is 1. The molecule has 2 aliphatic heterocycles. The highest BCUT2D eigenvalue weighted by molar-refractivity contribution is 5.74. The Morgan fingerprint density at radius 1 is 1.05 bits per heavy atom. The number of hydrogen-bond acceptors (Lipinski definition) is 2. The molecular formula is C15H29N3O. The molecule has 0 aromatic carbocycles. The maximum Gasteiger partial charge on any atom is 0.317 e. The van der Waals surface area contributed by atoms with Gasteiger partial charge in [0.1, 0.15) is 0 Å². The van der Waals surface area contributed by atoms with Gasteiger partial charge < -0.3 is 15.1 Å². The largest absolute Gasteiger partial charge is 0.335 e. The second kappa shape index (κ2) is 6.60. The van der Waals surface area contributed by atoms with Crippen LogP contribution in [0.4, 0.5) is 4.79 Å². The van der Waals surface area contributed by atoms with Crippen molar-refractivity contribution in [3.8, 4) is 0 Å². The van der Waals surface area contributed by atoms with Crippen molar-refractivity contribution >= 4 is 6.03 Å². The van der Waals surface area contributed by atoms with Crippen molar-refractivity contribution in [3.05, 3.63) is 0 Å². The summed E-state index contributed by atoms with van der Waals surface area (Å²) in [7, 11) is 2.15.